The normalized spacial score (nSPS) is 13.4. The maximum atomic E-state index is 12.1. The van der Waals surface area contributed by atoms with Crippen LogP contribution in [-0.2, 0) is 6.54 Å². The number of rotatable bonds is 5. The fraction of sp³-hybridized carbons (Fsp3) is 0.556. The van der Waals surface area contributed by atoms with Gasteiger partial charge in [0, 0.05) is 6.54 Å². The molecule has 3 N–H and O–H groups in total. The van der Waals surface area contributed by atoms with Gasteiger partial charge in [-0.1, -0.05) is 11.6 Å². The van der Waals surface area contributed by atoms with Crippen LogP contribution in [0, 0.1) is 0 Å². The summed E-state index contributed by atoms with van der Waals surface area (Å²) in [6, 6.07) is 0. The summed E-state index contributed by atoms with van der Waals surface area (Å²) < 4.78 is 37.1. The highest BCUT2D eigenvalue weighted by molar-refractivity contribution is 6.32. The van der Waals surface area contributed by atoms with Crippen LogP contribution in [0.4, 0.5) is 18.9 Å². The zero-order valence-corrected chi connectivity index (χ0v) is 10.2. The van der Waals surface area contributed by atoms with Crippen molar-refractivity contribution in [3.05, 3.63) is 21.6 Å². The number of aromatic nitrogens is 2. The number of nitrogens with zero attached hydrogens (tertiary/aromatic N) is 2. The molecule has 1 aromatic rings. The van der Waals surface area contributed by atoms with Crippen LogP contribution in [-0.4, -0.2) is 45.4 Å². The fourth-order valence-electron chi connectivity index (χ4n) is 1.16. The second-order valence-electron chi connectivity index (χ2n) is 3.56. The van der Waals surface area contributed by atoms with Gasteiger partial charge in [0.15, 0.2) is 6.10 Å². The van der Waals surface area contributed by atoms with E-state index in [0.29, 0.717) is 0 Å². The van der Waals surface area contributed by atoms with Crippen LogP contribution in [0.25, 0.3) is 0 Å². The number of hydrogen-bond donors (Lipinski definition) is 3. The molecule has 0 aliphatic carbocycles. The third kappa shape index (κ3) is 4.08. The van der Waals surface area contributed by atoms with E-state index in [-0.39, 0.29) is 23.9 Å². The number of aliphatic hydroxyl groups excluding tert-OH is 2. The van der Waals surface area contributed by atoms with Crippen molar-refractivity contribution in [2.45, 2.75) is 18.8 Å². The Bertz CT molecular complexity index is 492. The van der Waals surface area contributed by atoms with Crippen molar-refractivity contribution in [1.82, 2.24) is 9.78 Å². The van der Waals surface area contributed by atoms with Crippen molar-refractivity contribution in [3.8, 4) is 0 Å². The summed E-state index contributed by atoms with van der Waals surface area (Å²) in [7, 11) is 0. The first-order valence-electron chi connectivity index (χ1n) is 5.12. The average molecular weight is 302 g/mol. The largest absolute Gasteiger partial charge is 0.416 e. The molecule has 0 saturated heterocycles. The predicted octanol–water partition coefficient (Wildman–Crippen LogP) is 0.224. The standard InChI is InChI=1S/C9H11ClF3N3O3/c10-7-5(14-4-6(18)9(11,12)13)3-15-16(1-2-17)8(7)19/h3,6,14,17-18H,1-2,4H2. The minimum Gasteiger partial charge on any atom is -0.394 e. The molecule has 1 rings (SSSR count). The SMILES string of the molecule is O=c1c(Cl)c(NCC(O)C(F)(F)F)cnn1CCO. The molecule has 0 aliphatic rings. The molecule has 0 bridgehead atoms. The van der Waals surface area contributed by atoms with E-state index in [1.54, 1.807) is 0 Å². The first-order chi connectivity index (χ1) is 8.77. The quantitative estimate of drug-likeness (QED) is 0.724. The van der Waals surface area contributed by atoms with Gasteiger partial charge in [0.1, 0.15) is 5.02 Å². The summed E-state index contributed by atoms with van der Waals surface area (Å²) in [5.74, 6) is 0. The second-order valence-corrected chi connectivity index (χ2v) is 3.94. The maximum Gasteiger partial charge on any atom is 0.416 e. The van der Waals surface area contributed by atoms with Crippen LogP contribution in [0.1, 0.15) is 0 Å². The highest BCUT2D eigenvalue weighted by atomic mass is 35.5. The van der Waals surface area contributed by atoms with Crippen molar-refractivity contribution in [2.75, 3.05) is 18.5 Å². The molecular formula is C9H11ClF3N3O3. The zero-order valence-electron chi connectivity index (χ0n) is 9.48. The van der Waals surface area contributed by atoms with E-state index < -0.39 is 24.4 Å². The zero-order chi connectivity index (χ0) is 14.6. The molecule has 0 spiro atoms. The van der Waals surface area contributed by atoms with E-state index in [9.17, 15) is 18.0 Å². The van der Waals surface area contributed by atoms with Crippen molar-refractivity contribution < 1.29 is 23.4 Å². The third-order valence-electron chi connectivity index (χ3n) is 2.16. The molecule has 0 amide bonds. The van der Waals surface area contributed by atoms with E-state index in [1.165, 1.54) is 0 Å². The summed E-state index contributed by atoms with van der Waals surface area (Å²) in [6.45, 7) is -1.26. The molecule has 0 saturated carbocycles. The maximum absolute atomic E-state index is 12.1. The lowest BCUT2D eigenvalue weighted by Gasteiger charge is -2.16. The van der Waals surface area contributed by atoms with Crippen LogP contribution in [0.5, 0.6) is 0 Å². The van der Waals surface area contributed by atoms with E-state index >= 15 is 0 Å². The summed E-state index contributed by atoms with van der Waals surface area (Å²) in [5.41, 5.74) is -0.869. The van der Waals surface area contributed by atoms with Crippen LogP contribution in [0.2, 0.25) is 5.02 Å². The molecular weight excluding hydrogens is 291 g/mol. The molecule has 19 heavy (non-hydrogen) atoms. The number of hydrogen-bond acceptors (Lipinski definition) is 5. The predicted molar refractivity (Wildman–Crippen MR) is 61.1 cm³/mol. The van der Waals surface area contributed by atoms with Crippen LogP contribution in [0.3, 0.4) is 0 Å². The van der Waals surface area contributed by atoms with E-state index in [2.05, 4.69) is 10.4 Å². The number of halogens is 4. The molecule has 0 aromatic carbocycles. The number of anilines is 1. The van der Waals surface area contributed by atoms with Crippen molar-refractivity contribution in [2.24, 2.45) is 0 Å². The average Bonchev–Trinajstić information content (AvgIpc) is 2.32. The molecule has 1 unspecified atom stereocenters. The molecule has 0 aliphatic heterocycles. The van der Waals surface area contributed by atoms with Gasteiger partial charge >= 0.3 is 6.18 Å². The van der Waals surface area contributed by atoms with Gasteiger partial charge in [-0.15, -0.1) is 0 Å². The first-order valence-corrected chi connectivity index (χ1v) is 5.50. The molecule has 1 aromatic heterocycles. The molecule has 0 fully saturated rings. The van der Waals surface area contributed by atoms with Gasteiger partial charge in [0.25, 0.3) is 5.56 Å². The minimum absolute atomic E-state index is 0.0794. The number of nitrogens with one attached hydrogen (secondary N) is 1. The molecule has 1 heterocycles. The van der Waals surface area contributed by atoms with Crippen molar-refractivity contribution >= 4 is 17.3 Å². The molecule has 0 radical (unpaired) electrons. The van der Waals surface area contributed by atoms with Gasteiger partial charge in [-0.3, -0.25) is 4.79 Å². The molecule has 10 heteroatoms. The molecule has 6 nitrogen and oxygen atoms in total. The first kappa shape index (κ1) is 15.7. The molecule has 108 valence electrons. The van der Waals surface area contributed by atoms with E-state index in [4.69, 9.17) is 21.8 Å². The topological polar surface area (TPSA) is 87.4 Å². The third-order valence-corrected chi connectivity index (χ3v) is 2.53. The number of alkyl halides is 3. The van der Waals surface area contributed by atoms with Crippen LogP contribution in [0.15, 0.2) is 11.0 Å². The Morgan fingerprint density at radius 3 is 2.68 bits per heavy atom. The Hall–Kier alpha value is -1.32. The van der Waals surface area contributed by atoms with Crippen LogP contribution >= 0.6 is 11.6 Å². The smallest absolute Gasteiger partial charge is 0.394 e. The Balaban J connectivity index is 2.81. The second kappa shape index (κ2) is 6.22. The summed E-state index contributed by atoms with van der Waals surface area (Å²) in [5, 5.41) is 22.9. The van der Waals surface area contributed by atoms with Gasteiger partial charge in [0.2, 0.25) is 0 Å². The highest BCUT2D eigenvalue weighted by Crippen LogP contribution is 2.21. The Morgan fingerprint density at radius 1 is 1.53 bits per heavy atom. The Labute approximate surface area is 110 Å². The molecule has 1 atom stereocenters. The lowest BCUT2D eigenvalue weighted by molar-refractivity contribution is -0.198. The van der Waals surface area contributed by atoms with Gasteiger partial charge in [-0.25, -0.2) is 4.68 Å². The fourth-order valence-corrected chi connectivity index (χ4v) is 1.38. The van der Waals surface area contributed by atoms with E-state index in [1.807, 2.05) is 0 Å². The summed E-state index contributed by atoms with van der Waals surface area (Å²) in [4.78, 5) is 11.6. The van der Waals surface area contributed by atoms with Crippen molar-refractivity contribution in [1.29, 1.82) is 0 Å². The minimum atomic E-state index is -4.77. The van der Waals surface area contributed by atoms with Gasteiger partial charge < -0.3 is 15.5 Å². The Kier molecular flexibility index (Phi) is 5.15. The Morgan fingerprint density at radius 2 is 2.16 bits per heavy atom. The lowest BCUT2D eigenvalue weighted by Crippen LogP contribution is -2.35. The van der Waals surface area contributed by atoms with Gasteiger partial charge in [-0.05, 0) is 0 Å². The van der Waals surface area contributed by atoms with Gasteiger partial charge in [0.05, 0.1) is 25.0 Å². The lowest BCUT2D eigenvalue weighted by atomic mass is 10.3. The monoisotopic (exact) mass is 301 g/mol. The summed E-state index contributed by atoms with van der Waals surface area (Å²) in [6.07, 6.45) is -6.30. The van der Waals surface area contributed by atoms with Crippen LogP contribution < -0.4 is 10.9 Å². The van der Waals surface area contributed by atoms with Crippen molar-refractivity contribution in [3.63, 3.8) is 0 Å². The summed E-state index contributed by atoms with van der Waals surface area (Å²) >= 11 is 5.65. The highest BCUT2D eigenvalue weighted by Gasteiger charge is 2.37. The van der Waals surface area contributed by atoms with Gasteiger partial charge in [-0.2, -0.15) is 18.3 Å². The van der Waals surface area contributed by atoms with E-state index in [0.717, 1.165) is 10.9 Å². The number of aliphatic hydroxyl groups is 2.